The fraction of sp³-hybridized carbons (Fsp3) is 0.604. The number of aromatic nitrogens is 2. The standard InChI is InChI=1S/C53H67F4N5O5Si/c1-30(2)68(31(3)4,32(5)6)22-19-37-40(55)17-15-33-23-36(66-29-64-10)24-39(43(33)37)44-46(56)38-13-11-14-41-42-18-16-35(62(42)51(63)67-52(7,8)9)27-61(41)49-45(38)48(47(44)57)58-50(59-49)65-28-53-20-12-21-60(53)26-34(54)25-53/h15,17,23-24,30-32,34-35,41-42H,11-14,16,18,20-21,25-29H2,1-10H3/t34-,35-,41-,42+,53+/m1/s1. The Hall–Kier alpha value is -4.65. The Kier molecular flexibility index (Phi) is 13.0. The van der Waals surface area contributed by atoms with E-state index in [0.717, 1.165) is 32.2 Å². The van der Waals surface area contributed by atoms with Gasteiger partial charge in [-0.3, -0.25) is 9.80 Å². The first-order valence-corrected chi connectivity index (χ1v) is 26.9. The van der Waals surface area contributed by atoms with E-state index in [1.807, 2.05) is 25.7 Å². The summed E-state index contributed by atoms with van der Waals surface area (Å²) in [5, 5.41) is 0.989. The molecule has 0 radical (unpaired) electrons. The number of hydrogen-bond acceptors (Lipinski definition) is 9. The smallest absolute Gasteiger partial charge is 0.410 e. The van der Waals surface area contributed by atoms with E-state index in [2.05, 4.69) is 62.8 Å². The van der Waals surface area contributed by atoms with E-state index in [1.54, 1.807) is 12.1 Å². The summed E-state index contributed by atoms with van der Waals surface area (Å²) in [6.45, 7) is 20.0. The molecule has 0 saturated carbocycles. The Morgan fingerprint density at radius 2 is 1.68 bits per heavy atom. The second-order valence-electron chi connectivity index (χ2n) is 21.9. The van der Waals surface area contributed by atoms with Gasteiger partial charge in [0.05, 0.1) is 40.2 Å². The molecule has 15 heteroatoms. The Bertz CT molecular complexity index is 2660. The number of halogens is 4. The zero-order valence-electron chi connectivity index (χ0n) is 41.3. The number of aryl methyl sites for hydroxylation is 1. The van der Waals surface area contributed by atoms with Crippen molar-refractivity contribution < 1.29 is 41.3 Å². The third-order valence-corrected chi connectivity index (χ3v) is 22.1. The Labute approximate surface area is 399 Å². The van der Waals surface area contributed by atoms with E-state index in [0.29, 0.717) is 43.6 Å². The molecular weight excluding hydrogens is 891 g/mol. The lowest BCUT2D eigenvalue weighted by Crippen LogP contribution is -2.62. The predicted molar refractivity (Wildman–Crippen MR) is 260 cm³/mol. The van der Waals surface area contributed by atoms with Crippen molar-refractivity contribution in [1.29, 1.82) is 0 Å². The van der Waals surface area contributed by atoms with Gasteiger partial charge in [0, 0.05) is 43.1 Å². The van der Waals surface area contributed by atoms with Crippen LogP contribution in [0.15, 0.2) is 24.3 Å². The summed E-state index contributed by atoms with van der Waals surface area (Å²) < 4.78 is 91.8. The van der Waals surface area contributed by atoms with Gasteiger partial charge in [-0.25, -0.2) is 22.4 Å². The molecule has 68 heavy (non-hydrogen) atoms. The minimum Gasteiger partial charge on any atom is -0.468 e. The maximum absolute atomic E-state index is 18.4. The number of methoxy groups -OCH3 is 1. The number of amides is 1. The van der Waals surface area contributed by atoms with E-state index in [9.17, 15) is 9.18 Å². The molecule has 3 aromatic carbocycles. The average molecular weight is 958 g/mol. The number of alkyl halides is 1. The molecular formula is C53H67F4N5O5Si. The van der Waals surface area contributed by atoms with Gasteiger partial charge in [0.2, 0.25) is 0 Å². The molecule has 4 fully saturated rings. The summed E-state index contributed by atoms with van der Waals surface area (Å²) in [6.07, 6.45) is 3.36. The second kappa shape index (κ2) is 18.3. The normalized spacial score (nSPS) is 23.8. The van der Waals surface area contributed by atoms with Crippen molar-refractivity contribution in [3.63, 3.8) is 0 Å². The molecule has 0 N–H and O–H groups in total. The number of piperazine rings is 1. The number of fused-ring (bicyclic) bond motifs is 7. The van der Waals surface area contributed by atoms with Gasteiger partial charge in [0.15, 0.2) is 12.6 Å². The van der Waals surface area contributed by atoms with Gasteiger partial charge in [-0.15, -0.1) is 5.54 Å². The number of carbonyl (C=O) groups is 1. The van der Waals surface area contributed by atoms with E-state index in [1.165, 1.54) is 19.2 Å². The molecule has 2 bridgehead atoms. The molecule has 9 rings (SSSR count). The lowest BCUT2D eigenvalue weighted by atomic mass is 9.87. The van der Waals surface area contributed by atoms with Gasteiger partial charge in [-0.05, 0) is 112 Å². The number of rotatable bonds is 10. The van der Waals surface area contributed by atoms with Crippen LogP contribution >= 0.6 is 0 Å². The van der Waals surface area contributed by atoms with Crippen molar-refractivity contribution in [2.45, 2.75) is 166 Å². The third-order valence-electron chi connectivity index (χ3n) is 15.8. The molecule has 5 atom stereocenters. The molecule has 1 amide bonds. The topological polar surface area (TPSA) is 89.5 Å². The van der Waals surface area contributed by atoms with Crippen molar-refractivity contribution in [3.05, 3.63) is 52.8 Å². The monoisotopic (exact) mass is 957 g/mol. The van der Waals surface area contributed by atoms with Crippen LogP contribution in [0.25, 0.3) is 32.8 Å². The largest absolute Gasteiger partial charge is 0.468 e. The summed E-state index contributed by atoms with van der Waals surface area (Å²) in [7, 11) is -0.930. The molecule has 6 heterocycles. The highest BCUT2D eigenvalue weighted by atomic mass is 28.3. The number of ether oxygens (including phenoxy) is 4. The quantitative estimate of drug-likeness (QED) is 0.0667. The molecule has 1 aromatic heterocycles. The summed E-state index contributed by atoms with van der Waals surface area (Å²) in [5.41, 5.74) is 3.02. The van der Waals surface area contributed by atoms with Gasteiger partial charge in [-0.1, -0.05) is 53.5 Å². The minimum atomic E-state index is -2.41. The zero-order chi connectivity index (χ0) is 48.6. The SMILES string of the molecule is COCOc1cc(-c2c(F)c3c4c(nc(OC[C@@]56CCCN5C[C@H](F)C6)nc4c2F)N2C[C@H]4CC[C@@H]([C@H]2CCC3)N4C(=O)OC(C)(C)C)c2c(C#C[Si](C(C)C)(C(C)C)C(C)C)c(F)ccc2c1. The van der Waals surface area contributed by atoms with Crippen LogP contribution in [0.3, 0.4) is 0 Å². The molecule has 0 spiro atoms. The molecule has 5 aliphatic heterocycles. The van der Waals surface area contributed by atoms with Crippen LogP contribution in [0.2, 0.25) is 16.6 Å². The van der Waals surface area contributed by atoms with Crippen molar-refractivity contribution in [2.24, 2.45) is 0 Å². The van der Waals surface area contributed by atoms with Crippen molar-refractivity contribution in [3.8, 4) is 34.4 Å². The predicted octanol–water partition coefficient (Wildman–Crippen LogP) is 11.7. The highest BCUT2D eigenvalue weighted by Crippen LogP contribution is 2.49. The minimum absolute atomic E-state index is 0.0628. The Morgan fingerprint density at radius 3 is 2.38 bits per heavy atom. The van der Waals surface area contributed by atoms with E-state index in [4.69, 9.17) is 28.9 Å². The van der Waals surface area contributed by atoms with Crippen molar-refractivity contribution >= 4 is 41.7 Å². The lowest BCUT2D eigenvalue weighted by molar-refractivity contribution is 0.00699. The van der Waals surface area contributed by atoms with Gasteiger partial charge in [0.1, 0.15) is 55.2 Å². The maximum atomic E-state index is 18.4. The number of benzene rings is 3. The van der Waals surface area contributed by atoms with Crippen LogP contribution in [0.1, 0.15) is 118 Å². The Morgan fingerprint density at radius 1 is 0.926 bits per heavy atom. The lowest BCUT2D eigenvalue weighted by Gasteiger charge is -2.48. The van der Waals surface area contributed by atoms with Crippen LogP contribution in [0, 0.1) is 28.9 Å². The highest BCUT2D eigenvalue weighted by molar-refractivity contribution is 6.90. The van der Waals surface area contributed by atoms with E-state index in [-0.39, 0.29) is 111 Å². The second-order valence-corrected chi connectivity index (χ2v) is 27.5. The summed E-state index contributed by atoms with van der Waals surface area (Å²) >= 11 is 0. The first-order valence-electron chi connectivity index (χ1n) is 24.7. The maximum Gasteiger partial charge on any atom is 0.410 e. The van der Waals surface area contributed by atoms with Crippen LogP contribution in [0.5, 0.6) is 11.8 Å². The van der Waals surface area contributed by atoms with Crippen LogP contribution < -0.4 is 14.4 Å². The van der Waals surface area contributed by atoms with Gasteiger partial charge < -0.3 is 23.8 Å². The van der Waals surface area contributed by atoms with Crippen LogP contribution in [0.4, 0.5) is 28.2 Å². The third kappa shape index (κ3) is 8.27. The van der Waals surface area contributed by atoms with Crippen LogP contribution in [-0.2, 0) is 15.9 Å². The zero-order valence-corrected chi connectivity index (χ0v) is 42.3. The van der Waals surface area contributed by atoms with Crippen LogP contribution in [-0.4, -0.2) is 110 Å². The fourth-order valence-electron chi connectivity index (χ4n) is 13.0. The molecule has 4 saturated heterocycles. The van der Waals surface area contributed by atoms with Gasteiger partial charge in [0.25, 0.3) is 0 Å². The average Bonchev–Trinajstić information content (AvgIpc) is 3.91. The molecule has 366 valence electrons. The first kappa shape index (κ1) is 48.4. The first-order chi connectivity index (χ1) is 32.3. The summed E-state index contributed by atoms with van der Waals surface area (Å²) in [5.74, 6) is 1.56. The number of carbonyl (C=O) groups excluding carboxylic acids is 1. The molecule has 0 unspecified atom stereocenters. The molecule has 0 aliphatic carbocycles. The Balaban J connectivity index is 1.28. The number of anilines is 1. The number of hydrogen-bond donors (Lipinski definition) is 0. The van der Waals surface area contributed by atoms with Gasteiger partial charge in [-0.2, -0.15) is 9.97 Å². The van der Waals surface area contributed by atoms with E-state index < -0.39 is 42.8 Å². The molecule has 10 nitrogen and oxygen atoms in total. The molecule has 5 aliphatic rings. The van der Waals surface area contributed by atoms with Crippen molar-refractivity contribution in [1.82, 2.24) is 19.8 Å². The summed E-state index contributed by atoms with van der Waals surface area (Å²) in [4.78, 5) is 29.8. The number of nitrogens with zero attached hydrogens (tertiary/aromatic N) is 5. The summed E-state index contributed by atoms with van der Waals surface area (Å²) in [6, 6.07) is 5.39. The molecule has 4 aromatic rings. The fourth-order valence-corrected chi connectivity index (χ4v) is 18.2. The van der Waals surface area contributed by atoms with Gasteiger partial charge >= 0.3 is 12.1 Å². The van der Waals surface area contributed by atoms with E-state index >= 15 is 13.2 Å². The van der Waals surface area contributed by atoms with Crippen molar-refractivity contribution in [2.75, 3.05) is 45.0 Å². The highest BCUT2D eigenvalue weighted by Gasteiger charge is 2.52.